The van der Waals surface area contributed by atoms with E-state index < -0.39 is 0 Å². The molecule has 1 aromatic heterocycles. The highest BCUT2D eigenvalue weighted by atomic mass is 35.5. The molecule has 0 radical (unpaired) electrons. The first-order valence-electron chi connectivity index (χ1n) is 7.52. The number of benzene rings is 2. The number of hydrogen-bond acceptors (Lipinski definition) is 4. The lowest BCUT2D eigenvalue weighted by Crippen LogP contribution is -2.26. The van der Waals surface area contributed by atoms with Crippen LogP contribution >= 0.6 is 11.6 Å². The summed E-state index contributed by atoms with van der Waals surface area (Å²) in [7, 11) is 1.61. The van der Waals surface area contributed by atoms with Crippen LogP contribution in [-0.4, -0.2) is 23.2 Å². The summed E-state index contributed by atoms with van der Waals surface area (Å²) in [5.74, 6) is 0.637. The zero-order chi connectivity index (χ0) is 17.3. The molecular formula is C18H17ClN4O. The molecule has 0 fully saturated rings. The van der Waals surface area contributed by atoms with Crippen molar-refractivity contribution in [2.75, 3.05) is 7.11 Å². The van der Waals surface area contributed by atoms with Gasteiger partial charge in [0.05, 0.1) is 34.3 Å². The summed E-state index contributed by atoms with van der Waals surface area (Å²) < 4.78 is 5.26. The predicted octanol–water partition coefficient (Wildman–Crippen LogP) is 3.79. The van der Waals surface area contributed by atoms with Gasteiger partial charge < -0.3 is 15.5 Å². The van der Waals surface area contributed by atoms with E-state index in [1.807, 2.05) is 31.2 Å². The molecule has 0 aliphatic rings. The summed E-state index contributed by atoms with van der Waals surface area (Å²) in [5, 5.41) is 9.46. The zero-order valence-corrected chi connectivity index (χ0v) is 14.1. The fraction of sp³-hybridized carbons (Fsp3) is 0.222. The molecule has 0 saturated carbocycles. The third-order valence-corrected chi connectivity index (χ3v) is 4.51. The SMILES string of the molecule is CO[C@H](C)[C@H](N)c1nc2c(Cl)c(-c3ccc(C#N)cc3)ccc2[nH]1. The van der Waals surface area contributed by atoms with Gasteiger partial charge in [-0.2, -0.15) is 5.26 Å². The maximum atomic E-state index is 8.90. The summed E-state index contributed by atoms with van der Waals surface area (Å²) in [4.78, 5) is 7.76. The number of methoxy groups -OCH3 is 1. The van der Waals surface area contributed by atoms with Crippen molar-refractivity contribution in [2.45, 2.75) is 19.1 Å². The fourth-order valence-corrected chi connectivity index (χ4v) is 2.85. The number of imidazole rings is 1. The maximum absolute atomic E-state index is 8.90. The van der Waals surface area contributed by atoms with Gasteiger partial charge in [0, 0.05) is 12.7 Å². The van der Waals surface area contributed by atoms with Crippen LogP contribution in [-0.2, 0) is 4.74 Å². The molecule has 122 valence electrons. The Balaban J connectivity index is 2.05. The second-order valence-electron chi connectivity index (χ2n) is 5.60. The van der Waals surface area contributed by atoms with Crippen LogP contribution in [0.2, 0.25) is 5.02 Å². The number of rotatable bonds is 4. The molecule has 2 aromatic carbocycles. The Hall–Kier alpha value is -2.39. The molecule has 0 unspecified atom stereocenters. The number of fused-ring (bicyclic) bond motifs is 1. The number of ether oxygens (including phenoxy) is 1. The number of nitriles is 1. The quantitative estimate of drug-likeness (QED) is 0.756. The standard InChI is InChI=1S/C18H17ClN4O/c1-10(24-2)16(21)18-22-14-8-7-13(15(19)17(14)23-18)12-5-3-11(9-20)4-6-12/h3-8,10,16H,21H2,1-2H3,(H,22,23)/t10-,16+/m1/s1. The van der Waals surface area contributed by atoms with Crippen LogP contribution in [0.1, 0.15) is 24.4 Å². The number of aromatic nitrogens is 2. The molecule has 1 heterocycles. The van der Waals surface area contributed by atoms with Gasteiger partial charge in [-0.05, 0) is 30.7 Å². The Morgan fingerprint density at radius 1 is 1.25 bits per heavy atom. The molecule has 3 aromatic rings. The van der Waals surface area contributed by atoms with Crippen LogP contribution in [0, 0.1) is 11.3 Å². The van der Waals surface area contributed by atoms with Crippen molar-refractivity contribution in [3.8, 4) is 17.2 Å². The van der Waals surface area contributed by atoms with Crippen LogP contribution in [0.5, 0.6) is 0 Å². The second kappa shape index (κ2) is 6.62. The van der Waals surface area contributed by atoms with Gasteiger partial charge in [-0.15, -0.1) is 0 Å². The minimum absolute atomic E-state index is 0.165. The van der Waals surface area contributed by atoms with Crippen molar-refractivity contribution in [3.63, 3.8) is 0 Å². The molecule has 24 heavy (non-hydrogen) atoms. The molecular weight excluding hydrogens is 324 g/mol. The average Bonchev–Trinajstić information content (AvgIpc) is 3.06. The molecule has 0 bridgehead atoms. The lowest BCUT2D eigenvalue weighted by atomic mass is 10.0. The lowest BCUT2D eigenvalue weighted by molar-refractivity contribution is 0.0935. The molecule has 5 nitrogen and oxygen atoms in total. The smallest absolute Gasteiger partial charge is 0.126 e. The largest absolute Gasteiger partial charge is 0.380 e. The average molecular weight is 341 g/mol. The number of nitrogens with two attached hydrogens (primary N) is 1. The van der Waals surface area contributed by atoms with E-state index in [1.54, 1.807) is 19.2 Å². The maximum Gasteiger partial charge on any atom is 0.126 e. The van der Waals surface area contributed by atoms with Crippen LogP contribution in [0.3, 0.4) is 0 Å². The minimum atomic E-state index is -0.364. The second-order valence-corrected chi connectivity index (χ2v) is 5.98. The lowest BCUT2D eigenvalue weighted by Gasteiger charge is -2.15. The molecule has 0 saturated heterocycles. The first-order valence-corrected chi connectivity index (χ1v) is 7.90. The van der Waals surface area contributed by atoms with Gasteiger partial charge in [0.1, 0.15) is 11.3 Å². The van der Waals surface area contributed by atoms with Gasteiger partial charge in [-0.1, -0.05) is 29.8 Å². The molecule has 0 aliphatic carbocycles. The monoisotopic (exact) mass is 340 g/mol. The van der Waals surface area contributed by atoms with Crippen molar-refractivity contribution in [3.05, 3.63) is 52.8 Å². The van der Waals surface area contributed by atoms with E-state index in [4.69, 9.17) is 27.3 Å². The van der Waals surface area contributed by atoms with E-state index >= 15 is 0 Å². The van der Waals surface area contributed by atoms with E-state index in [1.165, 1.54) is 0 Å². The van der Waals surface area contributed by atoms with Gasteiger partial charge in [-0.3, -0.25) is 0 Å². The Bertz CT molecular complexity index is 911. The predicted molar refractivity (Wildman–Crippen MR) is 94.7 cm³/mol. The van der Waals surface area contributed by atoms with Crippen molar-refractivity contribution < 1.29 is 4.74 Å². The van der Waals surface area contributed by atoms with Crippen LogP contribution < -0.4 is 5.73 Å². The van der Waals surface area contributed by atoms with Gasteiger partial charge in [0.15, 0.2) is 0 Å². The Morgan fingerprint density at radius 2 is 1.96 bits per heavy atom. The van der Waals surface area contributed by atoms with Crippen molar-refractivity contribution >= 4 is 22.6 Å². The summed E-state index contributed by atoms with van der Waals surface area (Å²) in [5.41, 5.74) is 10.1. The number of H-pyrrole nitrogens is 1. The highest BCUT2D eigenvalue weighted by Gasteiger charge is 2.20. The topological polar surface area (TPSA) is 87.7 Å². The molecule has 0 spiro atoms. The van der Waals surface area contributed by atoms with Crippen molar-refractivity contribution in [2.24, 2.45) is 5.73 Å². The van der Waals surface area contributed by atoms with Gasteiger partial charge >= 0.3 is 0 Å². The molecule has 2 atom stereocenters. The minimum Gasteiger partial charge on any atom is -0.380 e. The van der Waals surface area contributed by atoms with Crippen molar-refractivity contribution in [1.29, 1.82) is 5.26 Å². The molecule has 0 amide bonds. The Labute approximate surface area is 145 Å². The number of aromatic amines is 1. The van der Waals surface area contributed by atoms with E-state index in [2.05, 4.69) is 16.0 Å². The third-order valence-electron chi connectivity index (χ3n) is 4.13. The summed E-state index contributed by atoms with van der Waals surface area (Å²) >= 11 is 6.56. The van der Waals surface area contributed by atoms with Crippen LogP contribution in [0.4, 0.5) is 0 Å². The van der Waals surface area contributed by atoms with Gasteiger partial charge in [0.25, 0.3) is 0 Å². The van der Waals surface area contributed by atoms with E-state index in [-0.39, 0.29) is 12.1 Å². The fourth-order valence-electron chi connectivity index (χ4n) is 2.54. The highest BCUT2D eigenvalue weighted by Crippen LogP contribution is 2.34. The summed E-state index contributed by atoms with van der Waals surface area (Å²) in [6, 6.07) is 12.9. The summed E-state index contributed by atoms with van der Waals surface area (Å²) in [6.07, 6.45) is -0.165. The third kappa shape index (κ3) is 2.87. The first kappa shape index (κ1) is 16.5. The summed E-state index contributed by atoms with van der Waals surface area (Å²) in [6.45, 7) is 1.89. The van der Waals surface area contributed by atoms with E-state index in [0.29, 0.717) is 21.9 Å². The number of halogens is 1. The van der Waals surface area contributed by atoms with Crippen LogP contribution in [0.15, 0.2) is 36.4 Å². The van der Waals surface area contributed by atoms with Crippen molar-refractivity contribution in [1.82, 2.24) is 9.97 Å². The molecule has 0 aliphatic heterocycles. The van der Waals surface area contributed by atoms with Gasteiger partial charge in [-0.25, -0.2) is 4.98 Å². The van der Waals surface area contributed by atoms with Crippen LogP contribution in [0.25, 0.3) is 22.2 Å². The number of nitrogens with one attached hydrogen (secondary N) is 1. The van der Waals surface area contributed by atoms with E-state index in [0.717, 1.165) is 16.6 Å². The Kier molecular flexibility index (Phi) is 4.54. The number of nitrogens with zero attached hydrogens (tertiary/aromatic N) is 2. The zero-order valence-electron chi connectivity index (χ0n) is 13.4. The molecule has 3 rings (SSSR count). The highest BCUT2D eigenvalue weighted by molar-refractivity contribution is 6.37. The Morgan fingerprint density at radius 3 is 2.58 bits per heavy atom. The number of hydrogen-bond donors (Lipinski definition) is 2. The van der Waals surface area contributed by atoms with E-state index in [9.17, 15) is 0 Å². The van der Waals surface area contributed by atoms with Gasteiger partial charge in [0.2, 0.25) is 0 Å². The first-order chi connectivity index (χ1) is 11.5. The normalized spacial score (nSPS) is 13.6. The molecule has 6 heteroatoms. The molecule has 3 N–H and O–H groups in total.